The second kappa shape index (κ2) is 9.79. The molecule has 2 amide bonds. The predicted molar refractivity (Wildman–Crippen MR) is 123 cm³/mol. The minimum absolute atomic E-state index is 0.0619. The van der Waals surface area contributed by atoms with Gasteiger partial charge in [0.1, 0.15) is 5.82 Å². The highest BCUT2D eigenvalue weighted by Gasteiger charge is 2.32. The van der Waals surface area contributed by atoms with Crippen LogP contribution < -0.4 is 10.2 Å². The Bertz CT molecular complexity index is 1170. The maximum Gasteiger partial charge on any atom is 0.243 e. The average molecular weight is 494 g/mol. The van der Waals surface area contributed by atoms with Crippen LogP contribution in [0.5, 0.6) is 0 Å². The Morgan fingerprint density at radius 1 is 1.12 bits per heavy atom. The van der Waals surface area contributed by atoms with Crippen molar-refractivity contribution < 1.29 is 22.4 Å². The molecule has 1 N–H and O–H groups in total. The van der Waals surface area contributed by atoms with Gasteiger partial charge in [0.05, 0.1) is 9.92 Å². The largest absolute Gasteiger partial charge is 0.352 e. The summed E-state index contributed by atoms with van der Waals surface area (Å²) in [6.45, 7) is 1.44. The molecular weight excluding hydrogens is 469 g/mol. The number of nitrogens with one attached hydrogen (secondary N) is 1. The molecule has 0 radical (unpaired) electrons. The summed E-state index contributed by atoms with van der Waals surface area (Å²) in [7, 11) is -3.80. The summed E-state index contributed by atoms with van der Waals surface area (Å²) in [6.07, 6.45) is 2.19. The molecule has 0 spiro atoms. The van der Waals surface area contributed by atoms with Crippen LogP contribution in [0.15, 0.2) is 47.4 Å². The highest BCUT2D eigenvalue weighted by atomic mass is 35.5. The first kappa shape index (κ1) is 23.7. The van der Waals surface area contributed by atoms with Crippen molar-refractivity contribution in [2.45, 2.75) is 37.1 Å². The molecule has 33 heavy (non-hydrogen) atoms. The molecule has 0 bridgehead atoms. The van der Waals surface area contributed by atoms with E-state index in [1.54, 1.807) is 4.90 Å². The predicted octanol–water partition coefficient (Wildman–Crippen LogP) is 3.32. The molecule has 0 unspecified atom stereocenters. The fraction of sp³-hybridized carbons (Fsp3) is 0.391. The van der Waals surface area contributed by atoms with Crippen molar-refractivity contribution in [3.63, 3.8) is 0 Å². The van der Waals surface area contributed by atoms with Crippen LogP contribution in [-0.4, -0.2) is 44.2 Å². The van der Waals surface area contributed by atoms with Gasteiger partial charge in [-0.25, -0.2) is 12.8 Å². The lowest BCUT2D eigenvalue weighted by Crippen LogP contribution is -2.42. The molecule has 0 atom stereocenters. The third-order valence-corrected chi connectivity index (χ3v) is 8.30. The number of amides is 2. The summed E-state index contributed by atoms with van der Waals surface area (Å²) in [4.78, 5) is 26.3. The van der Waals surface area contributed by atoms with Gasteiger partial charge in [-0.1, -0.05) is 23.7 Å². The zero-order chi connectivity index (χ0) is 23.6. The Labute approximate surface area is 197 Å². The summed E-state index contributed by atoms with van der Waals surface area (Å²) < 4.78 is 40.3. The molecule has 2 aromatic carbocycles. The number of sulfonamides is 1. The van der Waals surface area contributed by atoms with Crippen molar-refractivity contribution in [1.29, 1.82) is 0 Å². The molecular formula is C23H25ClFN3O4S. The van der Waals surface area contributed by atoms with E-state index in [-0.39, 0.29) is 40.7 Å². The maximum absolute atomic E-state index is 13.4. The standard InChI is InChI=1S/C23H25ClFN3O4S/c24-20-14-19(6-7-21(20)25)33(31,32)27-11-8-17(9-12-27)23(30)26-15-16-3-1-4-18(13-16)28-10-2-5-22(28)29/h1,3-4,6-7,13-14,17H,2,5,8-12,15H2,(H,26,30). The fourth-order valence-corrected chi connectivity index (χ4v) is 5.98. The number of piperidine rings is 1. The van der Waals surface area contributed by atoms with Gasteiger partial charge in [0.15, 0.2) is 0 Å². The average Bonchev–Trinajstić information content (AvgIpc) is 3.25. The van der Waals surface area contributed by atoms with E-state index in [4.69, 9.17) is 11.6 Å². The normalized spacial score (nSPS) is 18.0. The minimum atomic E-state index is -3.80. The number of carbonyl (C=O) groups is 2. The molecule has 10 heteroatoms. The van der Waals surface area contributed by atoms with E-state index in [0.29, 0.717) is 32.4 Å². The Hall–Kier alpha value is -2.49. The van der Waals surface area contributed by atoms with Crippen LogP contribution >= 0.6 is 11.6 Å². The number of rotatable bonds is 6. The monoisotopic (exact) mass is 493 g/mol. The van der Waals surface area contributed by atoms with Gasteiger partial charge in [-0.2, -0.15) is 4.31 Å². The first-order valence-electron chi connectivity index (χ1n) is 10.9. The molecule has 0 saturated carbocycles. The van der Waals surface area contributed by atoms with E-state index in [1.807, 2.05) is 24.3 Å². The van der Waals surface area contributed by atoms with E-state index in [1.165, 1.54) is 10.4 Å². The Morgan fingerprint density at radius 2 is 1.88 bits per heavy atom. The van der Waals surface area contributed by atoms with Gasteiger partial charge in [0, 0.05) is 44.2 Å². The zero-order valence-corrected chi connectivity index (χ0v) is 19.5. The van der Waals surface area contributed by atoms with Gasteiger partial charge in [-0.15, -0.1) is 0 Å². The molecule has 2 aromatic rings. The Balaban J connectivity index is 1.32. The molecule has 0 aromatic heterocycles. The number of nitrogens with zero attached hydrogens (tertiary/aromatic N) is 2. The van der Waals surface area contributed by atoms with E-state index in [9.17, 15) is 22.4 Å². The highest BCUT2D eigenvalue weighted by molar-refractivity contribution is 7.89. The molecule has 7 nitrogen and oxygen atoms in total. The topological polar surface area (TPSA) is 86.8 Å². The van der Waals surface area contributed by atoms with Crippen molar-refractivity contribution in [3.8, 4) is 0 Å². The molecule has 0 aliphatic carbocycles. The smallest absolute Gasteiger partial charge is 0.243 e. The van der Waals surface area contributed by atoms with Gasteiger partial charge in [0.25, 0.3) is 0 Å². The van der Waals surface area contributed by atoms with Gasteiger partial charge in [-0.3, -0.25) is 9.59 Å². The van der Waals surface area contributed by atoms with Gasteiger partial charge in [-0.05, 0) is 55.2 Å². The zero-order valence-electron chi connectivity index (χ0n) is 18.0. The molecule has 2 fully saturated rings. The van der Waals surface area contributed by atoms with Crippen LogP contribution in [0.25, 0.3) is 0 Å². The van der Waals surface area contributed by atoms with E-state index < -0.39 is 15.8 Å². The van der Waals surface area contributed by atoms with Gasteiger partial charge < -0.3 is 10.2 Å². The lowest BCUT2D eigenvalue weighted by atomic mass is 9.97. The SMILES string of the molecule is O=C(NCc1cccc(N2CCCC2=O)c1)C1CCN(S(=O)(=O)c2ccc(F)c(Cl)c2)CC1. The van der Waals surface area contributed by atoms with E-state index in [2.05, 4.69) is 5.32 Å². The minimum Gasteiger partial charge on any atom is -0.352 e. The second-order valence-corrected chi connectivity index (χ2v) is 10.6. The summed E-state index contributed by atoms with van der Waals surface area (Å²) in [5, 5.41) is 2.68. The lowest BCUT2D eigenvalue weighted by Gasteiger charge is -2.30. The summed E-state index contributed by atoms with van der Waals surface area (Å²) in [6, 6.07) is 10.9. The van der Waals surface area contributed by atoms with Crippen LogP contribution in [0.3, 0.4) is 0 Å². The molecule has 2 aliphatic rings. The molecule has 4 rings (SSSR count). The first-order valence-corrected chi connectivity index (χ1v) is 12.7. The molecule has 2 saturated heterocycles. The van der Waals surface area contributed by atoms with Gasteiger partial charge in [0.2, 0.25) is 21.8 Å². The third-order valence-electron chi connectivity index (χ3n) is 6.12. The van der Waals surface area contributed by atoms with E-state index in [0.717, 1.165) is 29.8 Å². The van der Waals surface area contributed by atoms with Crippen LogP contribution in [0.4, 0.5) is 10.1 Å². The number of hydrogen-bond acceptors (Lipinski definition) is 4. The second-order valence-electron chi connectivity index (χ2n) is 8.29. The van der Waals surface area contributed by atoms with Gasteiger partial charge >= 0.3 is 0 Å². The van der Waals surface area contributed by atoms with E-state index >= 15 is 0 Å². The van der Waals surface area contributed by atoms with Crippen LogP contribution in [0.2, 0.25) is 5.02 Å². The summed E-state index contributed by atoms with van der Waals surface area (Å²) in [5.41, 5.74) is 1.73. The first-order chi connectivity index (χ1) is 15.8. The number of benzene rings is 2. The Morgan fingerprint density at radius 3 is 2.55 bits per heavy atom. The van der Waals surface area contributed by atoms with Crippen LogP contribution in [0.1, 0.15) is 31.2 Å². The van der Waals surface area contributed by atoms with Crippen molar-refractivity contribution in [1.82, 2.24) is 9.62 Å². The quantitative estimate of drug-likeness (QED) is 0.668. The van der Waals surface area contributed by atoms with Crippen molar-refractivity contribution in [2.24, 2.45) is 5.92 Å². The number of carbonyl (C=O) groups excluding carboxylic acids is 2. The highest BCUT2D eigenvalue weighted by Crippen LogP contribution is 2.27. The summed E-state index contributed by atoms with van der Waals surface area (Å²) in [5.74, 6) is -0.986. The lowest BCUT2D eigenvalue weighted by molar-refractivity contribution is -0.126. The van der Waals surface area contributed by atoms with Crippen molar-refractivity contribution >= 4 is 39.1 Å². The Kier molecular flexibility index (Phi) is 7.02. The number of anilines is 1. The summed E-state index contributed by atoms with van der Waals surface area (Å²) >= 11 is 5.73. The maximum atomic E-state index is 13.4. The molecule has 2 aliphatic heterocycles. The molecule has 2 heterocycles. The third kappa shape index (κ3) is 5.20. The van der Waals surface area contributed by atoms with Crippen molar-refractivity contribution in [2.75, 3.05) is 24.5 Å². The number of hydrogen-bond donors (Lipinski definition) is 1. The molecule has 176 valence electrons. The fourth-order valence-electron chi connectivity index (χ4n) is 4.23. The van der Waals surface area contributed by atoms with Crippen molar-refractivity contribution in [3.05, 3.63) is 58.9 Å². The van der Waals surface area contributed by atoms with Crippen LogP contribution in [0, 0.1) is 11.7 Å². The van der Waals surface area contributed by atoms with Crippen LogP contribution in [-0.2, 0) is 26.2 Å². The number of halogens is 2.